The molecule has 0 aliphatic heterocycles. The Morgan fingerprint density at radius 2 is 1.89 bits per heavy atom. The molecule has 1 N–H and O–H groups in total. The Labute approximate surface area is 109 Å². The molecule has 2 aromatic carbocycles. The second kappa shape index (κ2) is 4.66. The zero-order valence-corrected chi connectivity index (χ0v) is 10.2. The first-order valence-electron chi connectivity index (χ1n) is 5.50. The van der Waals surface area contributed by atoms with E-state index < -0.39 is 0 Å². The van der Waals surface area contributed by atoms with E-state index in [0.717, 1.165) is 16.5 Å². The van der Waals surface area contributed by atoms with Crippen LogP contribution < -0.4 is 5.32 Å². The van der Waals surface area contributed by atoms with Crippen molar-refractivity contribution >= 4 is 34.1 Å². The Balaban J connectivity index is 1.99. The molecule has 0 aliphatic rings. The van der Waals surface area contributed by atoms with Crippen LogP contribution in [0.5, 0.6) is 0 Å². The summed E-state index contributed by atoms with van der Waals surface area (Å²) in [7, 11) is 0. The molecule has 0 atom stereocenters. The minimum atomic E-state index is 0.213. The van der Waals surface area contributed by atoms with Crippen LogP contribution >= 0.6 is 11.6 Å². The Bertz CT molecular complexity index is 675. The maximum Gasteiger partial charge on any atom is 0.320 e. The molecule has 0 aliphatic carbocycles. The number of aromatic nitrogens is 2. The summed E-state index contributed by atoms with van der Waals surface area (Å²) in [5.41, 5.74) is 0.929. The van der Waals surface area contributed by atoms with Gasteiger partial charge in [-0.15, -0.1) is 16.7 Å². The molecule has 4 nitrogen and oxygen atoms in total. The summed E-state index contributed by atoms with van der Waals surface area (Å²) >= 11 is 5.61. The fourth-order valence-corrected chi connectivity index (χ4v) is 1.92. The van der Waals surface area contributed by atoms with E-state index >= 15 is 0 Å². The minimum Gasteiger partial charge on any atom is -0.407 e. The lowest BCUT2D eigenvalue weighted by molar-refractivity contribution is 0.530. The molecule has 1 heterocycles. The average molecular weight is 260 g/mol. The van der Waals surface area contributed by atoms with Crippen molar-refractivity contribution < 1.29 is 4.42 Å². The first-order chi connectivity index (χ1) is 8.86. The summed E-state index contributed by atoms with van der Waals surface area (Å²) in [5.74, 6) is 0.615. The first kappa shape index (κ1) is 11.0. The molecule has 0 radical (unpaired) electrons. The molecule has 0 saturated heterocycles. The van der Waals surface area contributed by atoms with Crippen molar-refractivity contribution in [2.24, 2.45) is 0 Å². The van der Waals surface area contributed by atoms with Crippen LogP contribution in [-0.2, 0) is 5.88 Å². The highest BCUT2D eigenvalue weighted by molar-refractivity contribution is 6.16. The van der Waals surface area contributed by atoms with Crippen LogP contribution in [0.3, 0.4) is 0 Å². The van der Waals surface area contributed by atoms with E-state index in [9.17, 15) is 0 Å². The maximum absolute atomic E-state index is 5.61. The van der Waals surface area contributed by atoms with E-state index in [2.05, 4.69) is 27.6 Å². The number of hydrogen-bond donors (Lipinski definition) is 1. The molecule has 5 heteroatoms. The first-order valence-corrected chi connectivity index (χ1v) is 6.03. The van der Waals surface area contributed by atoms with Crippen LogP contribution in [0.15, 0.2) is 46.9 Å². The highest BCUT2D eigenvalue weighted by Crippen LogP contribution is 2.25. The number of halogens is 1. The van der Waals surface area contributed by atoms with Gasteiger partial charge in [0.15, 0.2) is 0 Å². The number of nitrogens with zero attached hydrogens (tertiary/aromatic N) is 2. The minimum absolute atomic E-state index is 0.213. The summed E-state index contributed by atoms with van der Waals surface area (Å²) in [6, 6.07) is 14.4. The molecule has 3 aromatic rings. The van der Waals surface area contributed by atoms with Gasteiger partial charge >= 0.3 is 6.01 Å². The van der Waals surface area contributed by atoms with E-state index in [-0.39, 0.29) is 5.88 Å². The van der Waals surface area contributed by atoms with E-state index in [1.807, 2.05) is 30.3 Å². The summed E-state index contributed by atoms with van der Waals surface area (Å²) in [4.78, 5) is 0. The van der Waals surface area contributed by atoms with Gasteiger partial charge in [-0.05, 0) is 11.5 Å². The molecule has 0 spiro atoms. The van der Waals surface area contributed by atoms with Crippen molar-refractivity contribution in [3.05, 3.63) is 48.4 Å². The van der Waals surface area contributed by atoms with E-state index in [4.69, 9.17) is 16.0 Å². The van der Waals surface area contributed by atoms with Gasteiger partial charge in [0.2, 0.25) is 5.89 Å². The smallest absolute Gasteiger partial charge is 0.320 e. The van der Waals surface area contributed by atoms with Crippen LogP contribution in [0.2, 0.25) is 0 Å². The van der Waals surface area contributed by atoms with Crippen molar-refractivity contribution in [1.29, 1.82) is 0 Å². The molecule has 0 saturated carbocycles. The summed E-state index contributed by atoms with van der Waals surface area (Å²) in [5, 5.41) is 13.0. The van der Waals surface area contributed by atoms with Crippen molar-refractivity contribution in [3.63, 3.8) is 0 Å². The standard InChI is InChI=1S/C13H10ClN3O/c14-8-12-16-17-13(18-12)15-11-7-3-5-9-4-1-2-6-10(9)11/h1-7H,8H2,(H,15,17). The summed E-state index contributed by atoms with van der Waals surface area (Å²) in [6.07, 6.45) is 0. The molecule has 18 heavy (non-hydrogen) atoms. The predicted octanol–water partition coefficient (Wildman–Crippen LogP) is 3.71. The van der Waals surface area contributed by atoms with Gasteiger partial charge in [-0.2, -0.15) is 0 Å². The number of fused-ring (bicyclic) bond motifs is 1. The van der Waals surface area contributed by atoms with Crippen LogP contribution in [0.25, 0.3) is 10.8 Å². The van der Waals surface area contributed by atoms with Gasteiger partial charge in [-0.3, -0.25) is 0 Å². The molecular formula is C13H10ClN3O. The lowest BCUT2D eigenvalue weighted by Crippen LogP contribution is -1.91. The van der Waals surface area contributed by atoms with Gasteiger partial charge in [-0.25, -0.2) is 0 Å². The lowest BCUT2D eigenvalue weighted by Gasteiger charge is -2.05. The summed E-state index contributed by atoms with van der Waals surface area (Å²) in [6.45, 7) is 0. The van der Waals surface area contributed by atoms with Crippen molar-refractivity contribution in [3.8, 4) is 0 Å². The third-order valence-electron chi connectivity index (χ3n) is 2.61. The van der Waals surface area contributed by atoms with Crippen LogP contribution in [0, 0.1) is 0 Å². The van der Waals surface area contributed by atoms with Crippen molar-refractivity contribution in [2.45, 2.75) is 5.88 Å². The van der Waals surface area contributed by atoms with Gasteiger partial charge in [0, 0.05) is 5.39 Å². The molecule has 0 unspecified atom stereocenters. The zero-order chi connectivity index (χ0) is 12.4. The van der Waals surface area contributed by atoms with Crippen LogP contribution in [0.4, 0.5) is 11.7 Å². The Kier molecular flexibility index (Phi) is 2.86. The van der Waals surface area contributed by atoms with Gasteiger partial charge in [-0.1, -0.05) is 41.5 Å². The second-order valence-electron chi connectivity index (χ2n) is 3.79. The van der Waals surface area contributed by atoms with E-state index in [0.29, 0.717) is 11.9 Å². The number of hydrogen-bond acceptors (Lipinski definition) is 4. The molecule has 90 valence electrons. The topological polar surface area (TPSA) is 51.0 Å². The fourth-order valence-electron chi connectivity index (χ4n) is 1.81. The second-order valence-corrected chi connectivity index (χ2v) is 4.05. The van der Waals surface area contributed by atoms with Gasteiger partial charge in [0.25, 0.3) is 0 Å². The highest BCUT2D eigenvalue weighted by Gasteiger charge is 2.06. The number of rotatable bonds is 3. The molecule has 1 aromatic heterocycles. The SMILES string of the molecule is ClCc1nnc(Nc2cccc3ccccc23)o1. The normalized spacial score (nSPS) is 10.7. The molecule has 3 rings (SSSR count). The van der Waals surface area contributed by atoms with Crippen LogP contribution in [0.1, 0.15) is 5.89 Å². The molecule has 0 fully saturated rings. The number of anilines is 2. The Morgan fingerprint density at radius 1 is 1.06 bits per heavy atom. The Hall–Kier alpha value is -2.07. The van der Waals surface area contributed by atoms with Gasteiger partial charge < -0.3 is 9.73 Å². The van der Waals surface area contributed by atoms with Gasteiger partial charge in [0.1, 0.15) is 5.88 Å². The van der Waals surface area contributed by atoms with Crippen LogP contribution in [-0.4, -0.2) is 10.2 Å². The number of nitrogens with one attached hydrogen (secondary N) is 1. The third kappa shape index (κ3) is 2.02. The Morgan fingerprint density at radius 3 is 2.72 bits per heavy atom. The zero-order valence-electron chi connectivity index (χ0n) is 9.43. The van der Waals surface area contributed by atoms with E-state index in [1.165, 1.54) is 0 Å². The van der Waals surface area contributed by atoms with E-state index in [1.54, 1.807) is 0 Å². The van der Waals surface area contributed by atoms with Gasteiger partial charge in [0.05, 0.1) is 5.69 Å². The summed E-state index contributed by atoms with van der Waals surface area (Å²) < 4.78 is 5.32. The largest absolute Gasteiger partial charge is 0.407 e. The van der Waals surface area contributed by atoms with Crippen molar-refractivity contribution in [1.82, 2.24) is 10.2 Å². The molecular weight excluding hydrogens is 250 g/mol. The molecule has 0 amide bonds. The number of benzene rings is 2. The lowest BCUT2D eigenvalue weighted by atomic mass is 10.1. The van der Waals surface area contributed by atoms with Crippen molar-refractivity contribution in [2.75, 3.05) is 5.32 Å². The number of alkyl halides is 1. The quantitative estimate of drug-likeness (QED) is 0.729. The maximum atomic E-state index is 5.61. The average Bonchev–Trinajstić information content (AvgIpc) is 2.87. The third-order valence-corrected chi connectivity index (χ3v) is 2.84. The highest BCUT2D eigenvalue weighted by atomic mass is 35.5. The fraction of sp³-hybridized carbons (Fsp3) is 0.0769. The predicted molar refractivity (Wildman–Crippen MR) is 71.1 cm³/mol. The molecule has 0 bridgehead atoms. The monoisotopic (exact) mass is 259 g/mol.